The van der Waals surface area contributed by atoms with E-state index in [-0.39, 0.29) is 11.5 Å². The zero-order valence-electron chi connectivity index (χ0n) is 7.86. The van der Waals surface area contributed by atoms with E-state index < -0.39 is 9.93 Å². The lowest BCUT2D eigenvalue weighted by Crippen LogP contribution is -2.20. The molecule has 0 saturated carbocycles. The molecule has 0 amide bonds. The van der Waals surface area contributed by atoms with Crippen molar-refractivity contribution >= 4 is 15.7 Å². The molecule has 0 bridgehead atoms. The summed E-state index contributed by atoms with van der Waals surface area (Å²) in [7, 11) is -2.24. The molecular formula is C10H14O2S. The van der Waals surface area contributed by atoms with E-state index in [1.54, 1.807) is 24.6 Å². The lowest BCUT2D eigenvalue weighted by Gasteiger charge is -2.09. The highest BCUT2D eigenvalue weighted by atomic mass is 32.2. The second-order valence-corrected chi connectivity index (χ2v) is 6.99. The fraction of sp³-hybridized carbons (Fsp3) is 0.300. The number of hydrogen-bond donors (Lipinski definition) is 1. The molecule has 1 aromatic carbocycles. The number of rotatable bonds is 3. The number of thiol groups is 1. The van der Waals surface area contributed by atoms with Gasteiger partial charge in [0.2, 0.25) is 0 Å². The maximum absolute atomic E-state index is 11.5. The highest BCUT2D eigenvalue weighted by Crippen LogP contribution is 2.03. The topological polar surface area (TPSA) is 34.1 Å². The Morgan fingerprint density at radius 3 is 2.23 bits per heavy atom. The summed E-state index contributed by atoms with van der Waals surface area (Å²) in [5, 5.41) is 0. The Balaban J connectivity index is 2.76. The van der Waals surface area contributed by atoms with Gasteiger partial charge in [0.25, 0.3) is 0 Å². The van der Waals surface area contributed by atoms with E-state index in [4.69, 9.17) is 0 Å². The first-order chi connectivity index (χ1) is 5.99. The molecule has 0 aliphatic rings. The Hall–Kier alpha value is -0.960. The summed E-state index contributed by atoms with van der Waals surface area (Å²) in [5.74, 6) is 0.130. The monoisotopic (exact) mass is 198 g/mol. The van der Waals surface area contributed by atoms with Crippen molar-refractivity contribution in [3.05, 3.63) is 35.9 Å². The van der Waals surface area contributed by atoms with Crippen LogP contribution in [0.5, 0.6) is 0 Å². The van der Waals surface area contributed by atoms with Crippen LogP contribution in [0.15, 0.2) is 30.3 Å². The van der Waals surface area contributed by atoms with Gasteiger partial charge in [-0.25, -0.2) is 0 Å². The molecule has 0 aliphatic carbocycles. The standard InChI is InChI=1S/C10H14O2S/c1-13(2,12)8-10(11)9-6-4-3-5-7-9/h3-7,13H,8H2,1-2H3. The number of ketones is 1. The fourth-order valence-corrected chi connectivity index (χ4v) is 1.94. The van der Waals surface area contributed by atoms with Crippen LogP contribution in [-0.2, 0) is 9.93 Å². The van der Waals surface area contributed by atoms with Gasteiger partial charge in [0.15, 0.2) is 5.78 Å². The van der Waals surface area contributed by atoms with E-state index in [0.29, 0.717) is 5.56 Å². The summed E-state index contributed by atoms with van der Waals surface area (Å²) in [5.41, 5.74) is 0.645. The molecule has 0 saturated heterocycles. The second-order valence-electron chi connectivity index (χ2n) is 3.52. The molecule has 0 spiro atoms. The molecule has 0 radical (unpaired) electrons. The normalized spacial score (nSPS) is 12.5. The molecule has 0 unspecified atom stereocenters. The first-order valence-electron chi connectivity index (χ1n) is 4.11. The Bertz CT molecular complexity index is 337. The molecule has 0 N–H and O–H groups in total. The fourth-order valence-electron chi connectivity index (χ4n) is 1.06. The summed E-state index contributed by atoms with van der Waals surface area (Å²) >= 11 is 0. The van der Waals surface area contributed by atoms with Gasteiger partial charge in [-0.2, -0.15) is 0 Å². The van der Waals surface area contributed by atoms with Crippen molar-refractivity contribution in [3.8, 4) is 0 Å². The van der Waals surface area contributed by atoms with E-state index in [2.05, 4.69) is 0 Å². The highest BCUT2D eigenvalue weighted by Gasteiger charge is 2.10. The van der Waals surface area contributed by atoms with E-state index in [1.807, 2.05) is 18.2 Å². The first kappa shape index (κ1) is 10.1. The minimum absolute atomic E-state index is 0.0334. The maximum atomic E-state index is 11.5. The molecule has 1 rings (SSSR count). The van der Waals surface area contributed by atoms with Crippen LogP contribution < -0.4 is 0 Å². The highest BCUT2D eigenvalue weighted by molar-refractivity contribution is 8.02. The minimum atomic E-state index is -2.24. The van der Waals surface area contributed by atoms with Crippen molar-refractivity contribution in [3.63, 3.8) is 0 Å². The molecule has 2 nitrogen and oxygen atoms in total. The second kappa shape index (κ2) is 3.83. The lowest BCUT2D eigenvalue weighted by molar-refractivity contribution is 0.102. The van der Waals surface area contributed by atoms with E-state index in [0.717, 1.165) is 0 Å². The molecule has 0 atom stereocenters. The molecule has 1 aromatic rings. The lowest BCUT2D eigenvalue weighted by atomic mass is 10.2. The van der Waals surface area contributed by atoms with Gasteiger partial charge in [0, 0.05) is 5.56 Å². The van der Waals surface area contributed by atoms with Gasteiger partial charge in [-0.3, -0.25) is 9.00 Å². The zero-order valence-corrected chi connectivity index (χ0v) is 8.75. The Morgan fingerprint density at radius 1 is 1.23 bits per heavy atom. The van der Waals surface area contributed by atoms with Crippen LogP contribution in [0.4, 0.5) is 0 Å². The quantitative estimate of drug-likeness (QED) is 0.584. The van der Waals surface area contributed by atoms with Crippen molar-refractivity contribution < 1.29 is 9.00 Å². The maximum Gasteiger partial charge on any atom is 0.173 e. The predicted molar refractivity (Wildman–Crippen MR) is 57.0 cm³/mol. The Morgan fingerprint density at radius 2 is 1.77 bits per heavy atom. The smallest absolute Gasteiger partial charge is 0.173 e. The van der Waals surface area contributed by atoms with E-state index in [9.17, 15) is 9.00 Å². The van der Waals surface area contributed by atoms with Gasteiger partial charge in [-0.05, 0) is 12.5 Å². The van der Waals surface area contributed by atoms with Crippen molar-refractivity contribution in [2.24, 2.45) is 0 Å². The Kier molecular flexibility index (Phi) is 2.98. The number of carbonyl (C=O) groups is 1. The van der Waals surface area contributed by atoms with Gasteiger partial charge >= 0.3 is 0 Å². The van der Waals surface area contributed by atoms with Crippen molar-refractivity contribution in [2.75, 3.05) is 18.3 Å². The van der Waals surface area contributed by atoms with Crippen LogP contribution in [0.3, 0.4) is 0 Å². The van der Waals surface area contributed by atoms with Crippen LogP contribution in [0, 0.1) is 0 Å². The third-order valence-electron chi connectivity index (χ3n) is 1.62. The Labute approximate surface area is 79.4 Å². The van der Waals surface area contributed by atoms with Crippen LogP contribution in [0.25, 0.3) is 0 Å². The van der Waals surface area contributed by atoms with Crippen LogP contribution in [0.1, 0.15) is 10.4 Å². The molecular weight excluding hydrogens is 184 g/mol. The van der Waals surface area contributed by atoms with Crippen molar-refractivity contribution in [1.29, 1.82) is 0 Å². The molecule has 0 fully saturated rings. The number of benzene rings is 1. The molecule has 0 heterocycles. The van der Waals surface area contributed by atoms with E-state index in [1.165, 1.54) is 0 Å². The molecule has 0 aliphatic heterocycles. The van der Waals surface area contributed by atoms with E-state index >= 15 is 0 Å². The molecule has 3 heteroatoms. The number of Topliss-reactive ketones (excluding diaryl/α,β-unsaturated/α-hetero) is 1. The summed E-state index contributed by atoms with van der Waals surface area (Å²) in [6.45, 7) is 0. The summed E-state index contributed by atoms with van der Waals surface area (Å²) < 4.78 is 11.4. The van der Waals surface area contributed by atoms with Gasteiger partial charge < -0.3 is 0 Å². The summed E-state index contributed by atoms with van der Waals surface area (Å²) in [6.07, 6.45) is 3.27. The van der Waals surface area contributed by atoms with Crippen molar-refractivity contribution in [1.82, 2.24) is 0 Å². The third-order valence-corrected chi connectivity index (χ3v) is 2.67. The molecule has 72 valence electrons. The van der Waals surface area contributed by atoms with Crippen LogP contribution >= 0.6 is 0 Å². The number of hydrogen-bond acceptors (Lipinski definition) is 2. The van der Waals surface area contributed by atoms with Gasteiger partial charge in [0.05, 0.1) is 5.75 Å². The van der Waals surface area contributed by atoms with Crippen LogP contribution in [0.2, 0.25) is 0 Å². The van der Waals surface area contributed by atoms with Gasteiger partial charge in [-0.1, -0.05) is 30.3 Å². The minimum Gasteiger partial charge on any atom is -0.293 e. The largest absolute Gasteiger partial charge is 0.293 e. The first-order valence-corrected chi connectivity index (χ1v) is 6.90. The summed E-state index contributed by atoms with van der Waals surface area (Å²) in [4.78, 5) is 11.5. The van der Waals surface area contributed by atoms with Crippen molar-refractivity contribution in [2.45, 2.75) is 0 Å². The number of carbonyl (C=O) groups excluding carboxylic acids is 1. The van der Waals surface area contributed by atoms with Crippen LogP contribution in [-0.4, -0.2) is 28.3 Å². The zero-order chi connectivity index (χ0) is 9.90. The molecule has 0 aromatic heterocycles. The SMILES string of the molecule is C[SH](C)(=O)CC(=O)c1ccccc1. The van der Waals surface area contributed by atoms with Gasteiger partial charge in [0.1, 0.15) is 0 Å². The third kappa shape index (κ3) is 3.51. The summed E-state index contributed by atoms with van der Waals surface area (Å²) in [6, 6.07) is 8.97. The van der Waals surface area contributed by atoms with Gasteiger partial charge in [-0.15, -0.1) is 9.93 Å². The predicted octanol–water partition coefficient (Wildman–Crippen LogP) is 1.15. The average molecular weight is 198 g/mol. The average Bonchev–Trinajstić information content (AvgIpc) is 2.03. The molecule has 13 heavy (non-hydrogen) atoms.